The predicted molar refractivity (Wildman–Crippen MR) is 110 cm³/mol. The molecular formula is C19H28N5O3S+. The molecule has 1 amide bonds. The molecule has 0 radical (unpaired) electrons. The number of benzene rings is 1. The molecule has 1 atom stereocenters. The van der Waals surface area contributed by atoms with Crippen LogP contribution in [0.15, 0.2) is 36.9 Å². The van der Waals surface area contributed by atoms with Gasteiger partial charge in [-0.05, 0) is 30.4 Å². The molecule has 1 aliphatic rings. The summed E-state index contributed by atoms with van der Waals surface area (Å²) in [5, 5.41) is 20.8. The highest BCUT2D eigenvalue weighted by Crippen LogP contribution is 2.15. The number of thiocarbonyl (C=S) groups is 1. The fraction of sp³-hybridized carbons (Fsp3) is 0.421. The van der Waals surface area contributed by atoms with Crippen molar-refractivity contribution in [1.82, 2.24) is 5.32 Å². The van der Waals surface area contributed by atoms with Crippen molar-refractivity contribution in [2.24, 2.45) is 0 Å². The van der Waals surface area contributed by atoms with Crippen molar-refractivity contribution >= 4 is 40.6 Å². The molecule has 1 aromatic carbocycles. The van der Waals surface area contributed by atoms with Crippen LogP contribution in [-0.2, 0) is 9.59 Å². The van der Waals surface area contributed by atoms with Gasteiger partial charge < -0.3 is 35.7 Å². The summed E-state index contributed by atoms with van der Waals surface area (Å²) in [6.07, 6.45) is 1.58. The highest BCUT2D eigenvalue weighted by Gasteiger charge is 2.30. The second-order valence-electron chi connectivity index (χ2n) is 6.94. The van der Waals surface area contributed by atoms with Gasteiger partial charge in [-0.15, -0.1) is 6.58 Å². The summed E-state index contributed by atoms with van der Waals surface area (Å²) in [6, 6.07) is 6.23. The zero-order chi connectivity index (χ0) is 20.5. The molecule has 2 rings (SSSR count). The number of quaternary nitrogens is 2. The molecule has 8 nitrogen and oxygen atoms in total. The van der Waals surface area contributed by atoms with Crippen LogP contribution >= 0.6 is 12.2 Å². The van der Waals surface area contributed by atoms with Crippen molar-refractivity contribution in [3.05, 3.63) is 36.9 Å². The average Bonchev–Trinajstić information content (AvgIpc) is 2.65. The number of rotatable bonds is 8. The van der Waals surface area contributed by atoms with Crippen molar-refractivity contribution in [1.29, 1.82) is 0 Å². The van der Waals surface area contributed by atoms with Crippen LogP contribution in [0.4, 0.5) is 11.4 Å². The second kappa shape index (κ2) is 10.7. The van der Waals surface area contributed by atoms with Gasteiger partial charge in [0.1, 0.15) is 32.2 Å². The molecule has 5 N–H and O–H groups in total. The number of piperazine rings is 1. The summed E-state index contributed by atoms with van der Waals surface area (Å²) in [5.74, 6) is -1.53. The van der Waals surface area contributed by atoms with Gasteiger partial charge in [0, 0.05) is 17.9 Å². The highest BCUT2D eigenvalue weighted by molar-refractivity contribution is 7.80. The third-order valence-electron chi connectivity index (χ3n) is 4.72. The monoisotopic (exact) mass is 406 g/mol. The number of anilines is 2. The smallest absolute Gasteiger partial charge is 0.230 e. The quantitative estimate of drug-likeness (QED) is 0.233. The molecule has 1 aliphatic heterocycles. The molecule has 1 heterocycles. The van der Waals surface area contributed by atoms with Crippen LogP contribution in [0.1, 0.15) is 6.42 Å². The zero-order valence-electron chi connectivity index (χ0n) is 16.0. The largest absolute Gasteiger partial charge is 0.544 e. The van der Waals surface area contributed by atoms with E-state index in [4.69, 9.17) is 12.2 Å². The van der Waals surface area contributed by atoms with E-state index in [-0.39, 0.29) is 12.3 Å². The Morgan fingerprint density at radius 1 is 1.25 bits per heavy atom. The lowest BCUT2D eigenvalue weighted by atomic mass is 10.1. The van der Waals surface area contributed by atoms with E-state index in [2.05, 4.69) is 29.6 Å². The Morgan fingerprint density at radius 3 is 2.50 bits per heavy atom. The standard InChI is InChI=1S/C19H27N5O3S/c1-3-7-20-19(28)22-15-6-4-5-14(12-15)21-17(25)13-16(18(26)27)24-10-8-23(2)9-11-24/h3-6,12,16H,1,7-11,13H2,2H3,(H,21,25)(H,26,27)(H2,20,22,28)/p+1/t16-/m1/s1. The normalized spacial score (nSPS) is 19.9. The lowest BCUT2D eigenvalue weighted by Gasteiger charge is -2.33. The maximum atomic E-state index is 12.4. The van der Waals surface area contributed by atoms with E-state index in [0.29, 0.717) is 36.1 Å². The van der Waals surface area contributed by atoms with E-state index >= 15 is 0 Å². The minimum atomic E-state index is -1.18. The molecule has 0 saturated carbocycles. The Bertz CT molecular complexity index is 719. The van der Waals surface area contributed by atoms with Crippen LogP contribution in [0.3, 0.4) is 0 Å². The Hall–Kier alpha value is -2.49. The van der Waals surface area contributed by atoms with Crippen molar-refractivity contribution < 1.29 is 24.5 Å². The van der Waals surface area contributed by atoms with Gasteiger partial charge in [0.2, 0.25) is 5.91 Å². The number of hydrogen-bond acceptors (Lipinski definition) is 4. The van der Waals surface area contributed by atoms with E-state index < -0.39 is 12.0 Å². The van der Waals surface area contributed by atoms with E-state index in [0.717, 1.165) is 18.0 Å². The number of carbonyl (C=O) groups excluding carboxylic acids is 2. The van der Waals surface area contributed by atoms with E-state index in [1.165, 1.54) is 4.90 Å². The molecule has 0 aromatic heterocycles. The molecule has 0 bridgehead atoms. The Kier molecular flexibility index (Phi) is 8.37. The molecule has 152 valence electrons. The van der Waals surface area contributed by atoms with Gasteiger partial charge in [-0.1, -0.05) is 12.1 Å². The van der Waals surface area contributed by atoms with Gasteiger partial charge in [-0.2, -0.15) is 0 Å². The molecule has 0 aliphatic carbocycles. The van der Waals surface area contributed by atoms with Crippen LogP contribution < -0.4 is 30.9 Å². The van der Waals surface area contributed by atoms with Crippen LogP contribution in [0, 0.1) is 0 Å². The first-order valence-electron chi connectivity index (χ1n) is 9.31. The zero-order valence-corrected chi connectivity index (χ0v) is 16.9. The van der Waals surface area contributed by atoms with Gasteiger partial charge in [-0.25, -0.2) is 0 Å². The first-order valence-corrected chi connectivity index (χ1v) is 9.72. The van der Waals surface area contributed by atoms with Gasteiger partial charge in [0.15, 0.2) is 5.11 Å². The summed E-state index contributed by atoms with van der Waals surface area (Å²) in [4.78, 5) is 26.3. The van der Waals surface area contributed by atoms with Crippen molar-refractivity contribution in [3.8, 4) is 0 Å². The van der Waals surface area contributed by atoms with Crippen LogP contribution in [0.25, 0.3) is 0 Å². The summed E-state index contributed by atoms with van der Waals surface area (Å²) in [6.45, 7) is 7.35. The number of carbonyl (C=O) groups is 2. The third kappa shape index (κ3) is 6.91. The third-order valence-corrected chi connectivity index (χ3v) is 4.97. The average molecular weight is 407 g/mol. The van der Waals surface area contributed by atoms with Gasteiger partial charge >= 0.3 is 0 Å². The molecular weight excluding hydrogens is 378 g/mol. The fourth-order valence-electron chi connectivity index (χ4n) is 3.15. The van der Waals surface area contributed by atoms with Crippen molar-refractivity contribution in [3.63, 3.8) is 0 Å². The minimum Gasteiger partial charge on any atom is -0.544 e. The number of carboxylic acids is 1. The Balaban J connectivity index is 1.93. The number of hydrogen-bond donors (Lipinski definition) is 5. The SMILES string of the molecule is C=CCNC(=S)Nc1cccc(NC(=O)C[C@H](C(=O)[O-])[NH+]2CC[NH+](C)CC2)c1. The number of carboxylic acid groups (broad SMARTS) is 1. The molecule has 0 spiro atoms. The van der Waals surface area contributed by atoms with Crippen LogP contribution in [-0.4, -0.2) is 62.8 Å². The Morgan fingerprint density at radius 2 is 1.89 bits per heavy atom. The van der Waals surface area contributed by atoms with E-state index in [1.54, 1.807) is 24.3 Å². The second-order valence-corrected chi connectivity index (χ2v) is 7.35. The first-order chi connectivity index (χ1) is 13.4. The summed E-state index contributed by atoms with van der Waals surface area (Å²) >= 11 is 5.16. The summed E-state index contributed by atoms with van der Waals surface area (Å²) in [5.41, 5.74) is 1.28. The molecule has 0 unspecified atom stereocenters. The fourth-order valence-corrected chi connectivity index (χ4v) is 3.35. The minimum absolute atomic E-state index is 0.117. The molecule has 28 heavy (non-hydrogen) atoms. The van der Waals surface area contributed by atoms with Crippen molar-refractivity contribution in [2.75, 3.05) is 50.4 Å². The molecule has 9 heteroatoms. The summed E-state index contributed by atoms with van der Waals surface area (Å²) < 4.78 is 0. The van der Waals surface area contributed by atoms with Crippen LogP contribution in [0.2, 0.25) is 0 Å². The number of likely N-dealkylation sites (N-methyl/N-ethyl adjacent to an activating group) is 1. The lowest BCUT2D eigenvalue weighted by molar-refractivity contribution is -1.01. The predicted octanol–water partition coefficient (Wildman–Crippen LogP) is -2.98. The number of nitrogens with one attached hydrogen (secondary N) is 5. The molecule has 1 aromatic rings. The van der Waals surface area contributed by atoms with Crippen LogP contribution in [0.5, 0.6) is 0 Å². The highest BCUT2D eigenvalue weighted by atomic mass is 32.1. The van der Waals surface area contributed by atoms with Crippen molar-refractivity contribution in [2.45, 2.75) is 12.5 Å². The lowest BCUT2D eigenvalue weighted by Crippen LogP contribution is -3.29. The van der Waals surface area contributed by atoms with Gasteiger partial charge in [-0.3, -0.25) is 4.79 Å². The first kappa shape index (κ1) is 21.8. The van der Waals surface area contributed by atoms with E-state index in [1.807, 2.05) is 6.07 Å². The molecule has 1 saturated heterocycles. The maximum Gasteiger partial charge on any atom is 0.230 e. The number of amides is 1. The maximum absolute atomic E-state index is 12.4. The Labute approximate surface area is 170 Å². The summed E-state index contributed by atoms with van der Waals surface area (Å²) in [7, 11) is 2.08. The topological polar surface area (TPSA) is 102 Å². The van der Waals surface area contributed by atoms with E-state index in [9.17, 15) is 14.7 Å². The number of aliphatic carboxylic acids is 1. The van der Waals surface area contributed by atoms with Gasteiger partial charge in [0.25, 0.3) is 0 Å². The van der Waals surface area contributed by atoms with Gasteiger partial charge in [0.05, 0.1) is 19.4 Å². The molecule has 1 fully saturated rings.